The fourth-order valence-corrected chi connectivity index (χ4v) is 3.41. The van der Waals surface area contributed by atoms with Crippen molar-refractivity contribution in [1.29, 1.82) is 0 Å². The number of benzene rings is 2. The normalized spacial score (nSPS) is 11.0. The zero-order valence-corrected chi connectivity index (χ0v) is 15.8. The smallest absolute Gasteiger partial charge is 0.258 e. The summed E-state index contributed by atoms with van der Waals surface area (Å²) in [6.07, 6.45) is -0.684. The van der Waals surface area contributed by atoms with Gasteiger partial charge in [-0.25, -0.2) is 0 Å². The summed E-state index contributed by atoms with van der Waals surface area (Å²) in [6, 6.07) is 14.4. The van der Waals surface area contributed by atoms with Crippen LogP contribution in [-0.4, -0.2) is 16.9 Å². The van der Waals surface area contributed by atoms with Gasteiger partial charge in [0.05, 0.1) is 6.54 Å². The molecule has 0 spiro atoms. The highest BCUT2D eigenvalue weighted by Crippen LogP contribution is 2.31. The van der Waals surface area contributed by atoms with Crippen LogP contribution in [0.3, 0.4) is 0 Å². The summed E-state index contributed by atoms with van der Waals surface area (Å²) in [7, 11) is 0. The van der Waals surface area contributed by atoms with Gasteiger partial charge in [0.15, 0.2) is 0 Å². The molecule has 6 nitrogen and oxygen atoms in total. The second-order valence-electron chi connectivity index (χ2n) is 7.06. The van der Waals surface area contributed by atoms with Gasteiger partial charge in [-0.3, -0.25) is 9.59 Å². The molecule has 0 aliphatic heterocycles. The van der Waals surface area contributed by atoms with Crippen LogP contribution in [0, 0.1) is 5.92 Å². The summed E-state index contributed by atoms with van der Waals surface area (Å²) in [6.45, 7) is 4.35. The minimum absolute atomic E-state index is 0.0736. The maximum Gasteiger partial charge on any atom is 0.258 e. The van der Waals surface area contributed by atoms with Crippen molar-refractivity contribution in [3.8, 4) is 11.1 Å². The molecule has 0 unspecified atom stereocenters. The van der Waals surface area contributed by atoms with Crippen LogP contribution in [0.2, 0.25) is 0 Å². The Morgan fingerprint density at radius 2 is 1.86 bits per heavy atom. The second kappa shape index (κ2) is 8.08. The Morgan fingerprint density at radius 3 is 2.46 bits per heavy atom. The first-order valence-electron chi connectivity index (χ1n) is 9.07. The first-order chi connectivity index (χ1) is 13.4. The lowest BCUT2D eigenvalue weighted by molar-refractivity contribution is -0.251. The maximum absolute atomic E-state index is 13.2. The molecule has 0 atom stereocenters. The minimum atomic E-state index is -1.41. The number of carbonyl (C=O) groups excluding carboxylic acids is 2. The average molecular weight is 377 g/mol. The Kier molecular flexibility index (Phi) is 5.59. The summed E-state index contributed by atoms with van der Waals surface area (Å²) >= 11 is 0. The van der Waals surface area contributed by atoms with Crippen molar-refractivity contribution in [3.05, 3.63) is 70.1 Å². The van der Waals surface area contributed by atoms with E-state index in [2.05, 4.69) is 5.32 Å². The van der Waals surface area contributed by atoms with Crippen LogP contribution in [0.15, 0.2) is 53.3 Å². The van der Waals surface area contributed by atoms with Gasteiger partial charge in [0.1, 0.15) is 12.4 Å². The van der Waals surface area contributed by atoms with Gasteiger partial charge in [0.2, 0.25) is 0 Å². The molecule has 1 heterocycles. The molecule has 0 radical (unpaired) electrons. The lowest BCUT2D eigenvalue weighted by Crippen LogP contribution is -2.38. The van der Waals surface area contributed by atoms with Gasteiger partial charge in [-0.05, 0) is 29.0 Å². The summed E-state index contributed by atoms with van der Waals surface area (Å²) in [5.74, 6) is 0.176. The highest BCUT2D eigenvalue weighted by atomic mass is 16.4. The molecule has 28 heavy (non-hydrogen) atoms. The van der Waals surface area contributed by atoms with Crippen LogP contribution >= 0.6 is 0 Å². The predicted molar refractivity (Wildman–Crippen MR) is 106 cm³/mol. The number of pyridine rings is 1. The van der Waals surface area contributed by atoms with Crippen molar-refractivity contribution in [3.63, 3.8) is 0 Å². The fraction of sp³-hybridized carbons (Fsp3) is 0.227. The molecule has 1 amide bonds. The molecule has 0 saturated heterocycles. The van der Waals surface area contributed by atoms with Crippen LogP contribution in [0.5, 0.6) is 0 Å². The summed E-state index contributed by atoms with van der Waals surface area (Å²) < 4.78 is 1.62. The number of amides is 1. The number of nitrogens with one attached hydrogen (secondary N) is 1. The van der Waals surface area contributed by atoms with E-state index in [4.69, 9.17) is 0 Å². The molecule has 0 saturated carbocycles. The molecule has 0 aliphatic rings. The standard InChI is InChI=1S/C22H22N2O4/c1-14(2)12-24-19(11-23-22(27)28)20(16-6-4-3-5-7-16)18-10-15(13-25)8-9-17(18)21(24)26/h3-10,13-14,23H,11-12H2,1-2H3,(H,27,28)/p-1. The predicted octanol–water partition coefficient (Wildman–Crippen LogP) is 2.57. The minimum Gasteiger partial charge on any atom is -0.530 e. The molecule has 0 bridgehead atoms. The van der Waals surface area contributed by atoms with Crippen molar-refractivity contribution < 1.29 is 14.7 Å². The van der Waals surface area contributed by atoms with Gasteiger partial charge in [-0.1, -0.05) is 50.2 Å². The van der Waals surface area contributed by atoms with Gasteiger partial charge < -0.3 is 19.8 Å². The molecule has 2 aromatic carbocycles. The Labute approximate surface area is 162 Å². The number of aromatic nitrogens is 1. The Hall–Kier alpha value is -3.41. The van der Waals surface area contributed by atoms with E-state index in [9.17, 15) is 19.5 Å². The molecule has 0 aliphatic carbocycles. The van der Waals surface area contributed by atoms with Crippen LogP contribution in [0.25, 0.3) is 21.9 Å². The van der Waals surface area contributed by atoms with E-state index >= 15 is 0 Å². The third kappa shape index (κ3) is 3.81. The van der Waals surface area contributed by atoms with Crippen molar-refractivity contribution in [1.82, 2.24) is 9.88 Å². The lowest BCUT2D eigenvalue weighted by Gasteiger charge is -2.22. The van der Waals surface area contributed by atoms with E-state index < -0.39 is 6.09 Å². The van der Waals surface area contributed by atoms with Crippen molar-refractivity contribution in [2.75, 3.05) is 0 Å². The van der Waals surface area contributed by atoms with E-state index in [1.807, 2.05) is 44.2 Å². The number of carboxylic acid groups (broad SMARTS) is 1. The Bertz CT molecular complexity index is 1090. The average Bonchev–Trinajstić information content (AvgIpc) is 2.68. The number of fused-ring (bicyclic) bond motifs is 1. The summed E-state index contributed by atoms with van der Waals surface area (Å²) in [4.78, 5) is 35.6. The largest absolute Gasteiger partial charge is 0.530 e. The lowest BCUT2D eigenvalue weighted by atomic mass is 9.95. The Morgan fingerprint density at radius 1 is 1.14 bits per heavy atom. The summed E-state index contributed by atoms with van der Waals surface area (Å²) in [5, 5.41) is 14.4. The Balaban J connectivity index is 2.45. The monoisotopic (exact) mass is 377 g/mol. The zero-order valence-electron chi connectivity index (χ0n) is 15.8. The molecular weight excluding hydrogens is 356 g/mol. The van der Waals surface area contributed by atoms with E-state index in [0.717, 1.165) is 17.4 Å². The topological polar surface area (TPSA) is 91.2 Å². The number of hydrogen-bond donors (Lipinski definition) is 1. The van der Waals surface area contributed by atoms with Crippen molar-refractivity contribution >= 4 is 23.2 Å². The maximum atomic E-state index is 13.2. The molecule has 1 N–H and O–H groups in total. The van der Waals surface area contributed by atoms with Crippen molar-refractivity contribution in [2.45, 2.75) is 26.9 Å². The second-order valence-corrected chi connectivity index (χ2v) is 7.06. The molecule has 3 rings (SSSR count). The third-order valence-corrected chi connectivity index (χ3v) is 4.55. The number of nitrogens with zero attached hydrogens (tertiary/aromatic N) is 1. The number of carbonyl (C=O) groups is 2. The highest BCUT2D eigenvalue weighted by Gasteiger charge is 2.19. The molecule has 3 aromatic rings. The highest BCUT2D eigenvalue weighted by molar-refractivity contribution is 6.00. The molecular formula is C22H21N2O4-. The molecule has 144 valence electrons. The van der Waals surface area contributed by atoms with E-state index in [-0.39, 0.29) is 18.0 Å². The van der Waals surface area contributed by atoms with Gasteiger partial charge >= 0.3 is 0 Å². The zero-order chi connectivity index (χ0) is 20.3. The van der Waals surface area contributed by atoms with Gasteiger partial charge in [-0.15, -0.1) is 0 Å². The number of rotatable bonds is 6. The van der Waals surface area contributed by atoms with Crippen LogP contribution in [0.1, 0.15) is 29.9 Å². The van der Waals surface area contributed by atoms with Crippen LogP contribution in [-0.2, 0) is 13.1 Å². The SMILES string of the molecule is CC(C)Cn1c(CNC(=O)[O-])c(-c2ccccc2)c2cc(C=O)ccc2c1=O. The summed E-state index contributed by atoms with van der Waals surface area (Å²) in [5.41, 5.74) is 2.35. The van der Waals surface area contributed by atoms with Gasteiger partial charge in [0, 0.05) is 28.8 Å². The first kappa shape index (κ1) is 19.4. The van der Waals surface area contributed by atoms with Gasteiger partial charge in [0.25, 0.3) is 5.56 Å². The number of aldehydes is 1. The number of hydrogen-bond acceptors (Lipinski definition) is 4. The quantitative estimate of drug-likeness (QED) is 0.669. The molecule has 6 heteroatoms. The van der Waals surface area contributed by atoms with Crippen LogP contribution < -0.4 is 16.0 Å². The first-order valence-corrected chi connectivity index (χ1v) is 9.07. The van der Waals surface area contributed by atoms with Crippen LogP contribution in [0.4, 0.5) is 4.79 Å². The molecule has 0 fully saturated rings. The van der Waals surface area contributed by atoms with E-state index in [1.54, 1.807) is 22.8 Å². The van der Waals surface area contributed by atoms with E-state index in [1.165, 1.54) is 0 Å². The fourth-order valence-electron chi connectivity index (χ4n) is 3.41. The molecule has 1 aromatic heterocycles. The van der Waals surface area contributed by atoms with Crippen molar-refractivity contribution in [2.24, 2.45) is 5.92 Å². The van der Waals surface area contributed by atoms with E-state index in [0.29, 0.717) is 28.6 Å². The van der Waals surface area contributed by atoms with Gasteiger partial charge in [-0.2, -0.15) is 0 Å². The third-order valence-electron chi connectivity index (χ3n) is 4.55.